The van der Waals surface area contributed by atoms with Crippen LogP contribution >= 0.6 is 0 Å². The van der Waals surface area contributed by atoms with Crippen molar-refractivity contribution in [2.45, 2.75) is 34.6 Å². The van der Waals surface area contributed by atoms with Gasteiger partial charge in [0.2, 0.25) is 0 Å². The second-order valence-corrected chi connectivity index (χ2v) is 6.72. The van der Waals surface area contributed by atoms with Gasteiger partial charge in [0.15, 0.2) is 17.3 Å². The molecule has 0 aromatic heterocycles. The van der Waals surface area contributed by atoms with Crippen molar-refractivity contribution in [1.82, 2.24) is 0 Å². The van der Waals surface area contributed by atoms with Crippen LogP contribution in [-0.4, -0.2) is 17.3 Å². The molecule has 150 valence electrons. The number of hydrogen-bond acceptors (Lipinski definition) is 3. The summed E-state index contributed by atoms with van der Waals surface area (Å²) < 4.78 is 0. The minimum atomic E-state index is 0.121. The van der Waals surface area contributed by atoms with Crippen LogP contribution < -0.4 is 0 Å². The summed E-state index contributed by atoms with van der Waals surface area (Å²) in [6, 6.07) is 24.4. The van der Waals surface area contributed by atoms with Gasteiger partial charge in [-0.25, -0.2) is 0 Å². The smallest absolute Gasteiger partial charge is 0.160 e. The highest BCUT2D eigenvalue weighted by atomic mass is 16.1. The summed E-state index contributed by atoms with van der Waals surface area (Å²) in [5, 5.41) is 0. The first kappa shape index (κ1) is 23.7. The van der Waals surface area contributed by atoms with Crippen LogP contribution in [0.4, 0.5) is 0 Å². The maximum atomic E-state index is 10.9. The summed E-state index contributed by atoms with van der Waals surface area (Å²) in [4.78, 5) is 32.3. The van der Waals surface area contributed by atoms with Crippen molar-refractivity contribution in [1.29, 1.82) is 0 Å². The van der Waals surface area contributed by atoms with Gasteiger partial charge >= 0.3 is 0 Å². The van der Waals surface area contributed by atoms with Gasteiger partial charge in [0.05, 0.1) is 0 Å². The molecule has 0 N–H and O–H groups in total. The molecule has 3 aromatic rings. The lowest BCUT2D eigenvalue weighted by Crippen LogP contribution is -1.93. The normalized spacial score (nSPS) is 9.28. The summed E-state index contributed by atoms with van der Waals surface area (Å²) in [5.74, 6) is 0.386. The van der Waals surface area contributed by atoms with Gasteiger partial charge in [-0.05, 0) is 46.2 Å². The van der Waals surface area contributed by atoms with Gasteiger partial charge in [-0.15, -0.1) is 0 Å². The zero-order chi connectivity index (χ0) is 21.8. The van der Waals surface area contributed by atoms with Gasteiger partial charge in [0.1, 0.15) is 0 Å². The van der Waals surface area contributed by atoms with E-state index in [1.807, 2.05) is 92.7 Å². The van der Waals surface area contributed by atoms with E-state index in [4.69, 9.17) is 0 Å². The Labute approximate surface area is 173 Å². The Kier molecular flexibility index (Phi) is 9.97. The van der Waals surface area contributed by atoms with Gasteiger partial charge in [-0.1, -0.05) is 78.4 Å². The molecule has 0 aliphatic rings. The van der Waals surface area contributed by atoms with E-state index in [1.165, 1.54) is 0 Å². The van der Waals surface area contributed by atoms with E-state index >= 15 is 0 Å². The average Bonchev–Trinajstić information content (AvgIpc) is 2.70. The van der Waals surface area contributed by atoms with Crippen LogP contribution in [0.1, 0.15) is 63.0 Å². The number of hydrogen-bond donors (Lipinski definition) is 0. The second kappa shape index (κ2) is 12.2. The van der Waals surface area contributed by atoms with Crippen molar-refractivity contribution >= 4 is 17.3 Å². The fourth-order valence-electron chi connectivity index (χ4n) is 2.50. The number of Topliss-reactive ketones (excluding diaryl/α,β-unsaturated/α-hetero) is 3. The lowest BCUT2D eigenvalue weighted by molar-refractivity contribution is 0.100. The molecular weight excluding hydrogens is 360 g/mol. The monoisotopic (exact) mass is 388 g/mol. The maximum Gasteiger partial charge on any atom is 0.160 e. The van der Waals surface area contributed by atoms with Crippen molar-refractivity contribution in [2.24, 2.45) is 0 Å². The standard InChI is InChI=1S/2C9H10O.C8H8O/c1-7-4-3-5-9(6-7)8(2)10;1-7-5-3-4-6-9(7)8(2)10;1-7(9)8-5-3-2-4-6-8/h2*3-6H,1-2H3;2-6H,1H3. The molecule has 3 heteroatoms. The highest BCUT2D eigenvalue weighted by Crippen LogP contribution is 2.06. The Balaban J connectivity index is 0.000000218. The molecule has 0 fully saturated rings. The molecule has 3 rings (SSSR count). The van der Waals surface area contributed by atoms with Crippen LogP contribution in [0, 0.1) is 13.8 Å². The van der Waals surface area contributed by atoms with E-state index in [0.717, 1.165) is 27.8 Å². The van der Waals surface area contributed by atoms with Gasteiger partial charge in [-0.3, -0.25) is 14.4 Å². The molecule has 0 amide bonds. The topological polar surface area (TPSA) is 51.2 Å². The first-order chi connectivity index (χ1) is 13.7. The third-order valence-electron chi connectivity index (χ3n) is 4.13. The molecule has 0 aliphatic heterocycles. The Hall–Kier alpha value is -3.33. The largest absolute Gasteiger partial charge is 0.295 e. The third kappa shape index (κ3) is 8.93. The molecule has 0 aliphatic carbocycles. The van der Waals surface area contributed by atoms with Gasteiger partial charge in [0.25, 0.3) is 0 Å². The Morgan fingerprint density at radius 1 is 0.552 bits per heavy atom. The predicted octanol–water partition coefficient (Wildman–Crippen LogP) is 6.28. The quantitative estimate of drug-likeness (QED) is 0.496. The fraction of sp³-hybridized carbons (Fsp3) is 0.192. The highest BCUT2D eigenvalue weighted by molar-refractivity contribution is 5.95. The molecule has 0 saturated carbocycles. The number of aryl methyl sites for hydroxylation is 2. The second-order valence-electron chi connectivity index (χ2n) is 6.72. The van der Waals surface area contributed by atoms with Gasteiger partial charge in [-0.2, -0.15) is 0 Å². The molecule has 0 heterocycles. The van der Waals surface area contributed by atoms with E-state index in [-0.39, 0.29) is 17.3 Å². The number of benzene rings is 3. The Morgan fingerprint density at radius 2 is 1.07 bits per heavy atom. The van der Waals surface area contributed by atoms with Crippen LogP contribution in [0.25, 0.3) is 0 Å². The minimum Gasteiger partial charge on any atom is -0.295 e. The zero-order valence-electron chi connectivity index (χ0n) is 17.7. The van der Waals surface area contributed by atoms with Crippen molar-refractivity contribution < 1.29 is 14.4 Å². The summed E-state index contributed by atoms with van der Waals surface area (Å²) >= 11 is 0. The molecule has 3 nitrogen and oxygen atoms in total. The Bertz CT molecular complexity index is 956. The molecule has 29 heavy (non-hydrogen) atoms. The first-order valence-electron chi connectivity index (χ1n) is 9.42. The van der Waals surface area contributed by atoms with Gasteiger partial charge < -0.3 is 0 Å². The first-order valence-corrected chi connectivity index (χ1v) is 9.42. The average molecular weight is 389 g/mol. The molecule has 0 radical (unpaired) electrons. The lowest BCUT2D eigenvalue weighted by atomic mass is 10.1. The van der Waals surface area contributed by atoms with E-state index in [0.29, 0.717) is 0 Å². The van der Waals surface area contributed by atoms with E-state index < -0.39 is 0 Å². The number of carbonyl (C=O) groups excluding carboxylic acids is 3. The van der Waals surface area contributed by atoms with Crippen molar-refractivity contribution in [3.63, 3.8) is 0 Å². The van der Waals surface area contributed by atoms with Crippen LogP contribution in [0.2, 0.25) is 0 Å². The molecule has 0 bridgehead atoms. The molecule has 0 spiro atoms. The number of rotatable bonds is 3. The van der Waals surface area contributed by atoms with Gasteiger partial charge in [0, 0.05) is 16.7 Å². The van der Waals surface area contributed by atoms with Crippen molar-refractivity contribution in [3.05, 3.63) is 107 Å². The summed E-state index contributed by atoms with van der Waals surface area (Å²) in [6.07, 6.45) is 0. The van der Waals surface area contributed by atoms with E-state index in [2.05, 4.69) is 0 Å². The molecule has 0 atom stereocenters. The lowest BCUT2D eigenvalue weighted by Gasteiger charge is -1.97. The fourth-order valence-corrected chi connectivity index (χ4v) is 2.50. The van der Waals surface area contributed by atoms with Crippen LogP contribution in [-0.2, 0) is 0 Å². The van der Waals surface area contributed by atoms with E-state index in [1.54, 1.807) is 20.8 Å². The predicted molar refractivity (Wildman–Crippen MR) is 119 cm³/mol. The summed E-state index contributed by atoms with van der Waals surface area (Å²) in [6.45, 7) is 8.65. The Morgan fingerprint density at radius 3 is 1.45 bits per heavy atom. The maximum absolute atomic E-state index is 10.9. The SMILES string of the molecule is CC(=O)c1cccc(C)c1.CC(=O)c1ccccc1.CC(=O)c1ccccc1C. The van der Waals surface area contributed by atoms with Crippen LogP contribution in [0.3, 0.4) is 0 Å². The summed E-state index contributed by atoms with van der Waals surface area (Å²) in [5.41, 5.74) is 4.57. The van der Waals surface area contributed by atoms with Crippen molar-refractivity contribution in [2.75, 3.05) is 0 Å². The number of ketones is 3. The van der Waals surface area contributed by atoms with Crippen molar-refractivity contribution in [3.8, 4) is 0 Å². The molecule has 0 unspecified atom stereocenters. The highest BCUT2D eigenvalue weighted by Gasteiger charge is 1.99. The minimum absolute atomic E-state index is 0.121. The third-order valence-corrected chi connectivity index (χ3v) is 4.13. The zero-order valence-corrected chi connectivity index (χ0v) is 17.7. The molecule has 3 aromatic carbocycles. The number of carbonyl (C=O) groups is 3. The molecular formula is C26H28O3. The molecule has 0 saturated heterocycles. The summed E-state index contributed by atoms with van der Waals surface area (Å²) in [7, 11) is 0. The van der Waals surface area contributed by atoms with Crippen LogP contribution in [0.5, 0.6) is 0 Å². The van der Waals surface area contributed by atoms with E-state index in [9.17, 15) is 14.4 Å². The van der Waals surface area contributed by atoms with Crippen LogP contribution in [0.15, 0.2) is 78.9 Å².